The SMILES string of the molecule is CC(=O)O[C@@H]1C[C@H]2[C@@H](CC=C3C[C@@H](O)CC[C@@]32C)[C@@]2(O)C(=O)C[C@H](C(C)=O)[C@@]12C. The topological polar surface area (TPSA) is 101 Å². The summed E-state index contributed by atoms with van der Waals surface area (Å²) in [4.78, 5) is 37.7. The van der Waals surface area contributed by atoms with Crippen molar-refractivity contribution in [2.24, 2.45) is 28.6 Å². The van der Waals surface area contributed by atoms with Gasteiger partial charge in [0.05, 0.1) is 11.5 Å². The van der Waals surface area contributed by atoms with Gasteiger partial charge in [0.15, 0.2) is 5.78 Å². The molecule has 160 valence electrons. The first-order valence-electron chi connectivity index (χ1n) is 10.8. The van der Waals surface area contributed by atoms with Crippen LogP contribution in [0, 0.1) is 28.6 Å². The van der Waals surface area contributed by atoms with E-state index in [2.05, 4.69) is 13.0 Å². The van der Waals surface area contributed by atoms with E-state index in [1.165, 1.54) is 19.4 Å². The highest BCUT2D eigenvalue weighted by molar-refractivity contribution is 5.98. The summed E-state index contributed by atoms with van der Waals surface area (Å²) in [6, 6.07) is 0. The third kappa shape index (κ3) is 2.57. The van der Waals surface area contributed by atoms with Crippen LogP contribution in [0.4, 0.5) is 0 Å². The Labute approximate surface area is 171 Å². The highest BCUT2D eigenvalue weighted by Gasteiger charge is 2.75. The zero-order valence-electron chi connectivity index (χ0n) is 17.7. The summed E-state index contributed by atoms with van der Waals surface area (Å²) in [7, 11) is 0. The molecule has 6 nitrogen and oxygen atoms in total. The minimum atomic E-state index is -1.70. The fourth-order valence-electron chi connectivity index (χ4n) is 7.33. The van der Waals surface area contributed by atoms with E-state index in [-0.39, 0.29) is 41.3 Å². The first-order valence-corrected chi connectivity index (χ1v) is 10.8. The van der Waals surface area contributed by atoms with Gasteiger partial charge >= 0.3 is 5.97 Å². The lowest BCUT2D eigenvalue weighted by Gasteiger charge is -2.62. The summed E-state index contributed by atoms with van der Waals surface area (Å²) in [5.41, 5.74) is -1.90. The van der Waals surface area contributed by atoms with Gasteiger partial charge in [-0.05, 0) is 50.4 Å². The van der Waals surface area contributed by atoms with Crippen molar-refractivity contribution in [3.63, 3.8) is 0 Å². The van der Waals surface area contributed by atoms with Crippen LogP contribution in [0.15, 0.2) is 11.6 Å². The average molecular weight is 405 g/mol. The van der Waals surface area contributed by atoms with E-state index in [4.69, 9.17) is 4.74 Å². The Balaban J connectivity index is 1.86. The molecule has 6 heteroatoms. The molecule has 0 amide bonds. The number of fused-ring (bicyclic) bond motifs is 5. The van der Waals surface area contributed by atoms with Gasteiger partial charge in [-0.2, -0.15) is 0 Å². The van der Waals surface area contributed by atoms with E-state index in [1.54, 1.807) is 6.92 Å². The second kappa shape index (κ2) is 6.48. The van der Waals surface area contributed by atoms with Gasteiger partial charge in [0, 0.05) is 25.2 Å². The van der Waals surface area contributed by atoms with E-state index in [9.17, 15) is 24.6 Å². The summed E-state index contributed by atoms with van der Waals surface area (Å²) in [5.74, 6) is -1.94. The predicted octanol–water partition coefficient (Wildman–Crippen LogP) is 2.35. The lowest BCUT2D eigenvalue weighted by molar-refractivity contribution is -0.228. The fourth-order valence-corrected chi connectivity index (χ4v) is 7.33. The number of carbonyl (C=O) groups is 3. The molecule has 0 saturated heterocycles. The number of ketones is 2. The maximum Gasteiger partial charge on any atom is 0.302 e. The van der Waals surface area contributed by atoms with Crippen molar-refractivity contribution in [3.8, 4) is 0 Å². The molecule has 29 heavy (non-hydrogen) atoms. The highest BCUT2D eigenvalue weighted by Crippen LogP contribution is 2.67. The van der Waals surface area contributed by atoms with Crippen LogP contribution < -0.4 is 0 Å². The number of allylic oxidation sites excluding steroid dienone is 1. The second-order valence-corrected chi connectivity index (χ2v) is 10.2. The molecule has 0 aromatic rings. The smallest absolute Gasteiger partial charge is 0.302 e. The molecule has 4 rings (SSSR count). The number of aliphatic hydroxyl groups excluding tert-OH is 1. The minimum Gasteiger partial charge on any atom is -0.462 e. The Morgan fingerprint density at radius 2 is 1.86 bits per heavy atom. The van der Waals surface area contributed by atoms with E-state index in [1.807, 2.05) is 0 Å². The van der Waals surface area contributed by atoms with Crippen LogP contribution in [0.25, 0.3) is 0 Å². The first-order chi connectivity index (χ1) is 13.5. The monoisotopic (exact) mass is 404 g/mol. The van der Waals surface area contributed by atoms with Crippen LogP contribution >= 0.6 is 0 Å². The summed E-state index contributed by atoms with van der Waals surface area (Å²) in [6.45, 7) is 6.70. The van der Waals surface area contributed by atoms with Gasteiger partial charge in [0.1, 0.15) is 17.5 Å². The van der Waals surface area contributed by atoms with Gasteiger partial charge in [-0.15, -0.1) is 0 Å². The molecule has 4 aliphatic rings. The minimum absolute atomic E-state index is 0.00464. The maximum absolute atomic E-state index is 13.2. The molecule has 0 spiro atoms. The lowest BCUT2D eigenvalue weighted by atomic mass is 9.44. The summed E-state index contributed by atoms with van der Waals surface area (Å²) >= 11 is 0. The van der Waals surface area contributed by atoms with Crippen molar-refractivity contribution < 1.29 is 29.3 Å². The largest absolute Gasteiger partial charge is 0.462 e. The van der Waals surface area contributed by atoms with Gasteiger partial charge in [0.2, 0.25) is 0 Å². The predicted molar refractivity (Wildman–Crippen MR) is 105 cm³/mol. The van der Waals surface area contributed by atoms with Gasteiger partial charge in [-0.3, -0.25) is 14.4 Å². The number of carbonyl (C=O) groups excluding carboxylic acids is 3. The molecular weight excluding hydrogens is 372 g/mol. The Bertz CT molecular complexity index is 801. The zero-order valence-corrected chi connectivity index (χ0v) is 17.7. The summed E-state index contributed by atoms with van der Waals surface area (Å²) in [6.07, 6.45) is 4.15. The third-order valence-electron chi connectivity index (χ3n) is 8.94. The first kappa shape index (κ1) is 20.7. The number of hydrogen-bond donors (Lipinski definition) is 2. The van der Waals surface area contributed by atoms with Crippen molar-refractivity contribution in [2.75, 3.05) is 0 Å². The third-order valence-corrected chi connectivity index (χ3v) is 8.94. The molecule has 0 radical (unpaired) electrons. The molecule has 8 atom stereocenters. The fraction of sp³-hybridized carbons (Fsp3) is 0.783. The second-order valence-electron chi connectivity index (χ2n) is 10.2. The summed E-state index contributed by atoms with van der Waals surface area (Å²) in [5, 5.41) is 22.2. The van der Waals surface area contributed by atoms with Crippen molar-refractivity contribution in [1.29, 1.82) is 0 Å². The van der Waals surface area contributed by atoms with Crippen LogP contribution in [0.1, 0.15) is 66.2 Å². The van der Waals surface area contributed by atoms with Crippen LogP contribution in [-0.2, 0) is 19.1 Å². The number of aliphatic hydroxyl groups is 2. The van der Waals surface area contributed by atoms with E-state index >= 15 is 0 Å². The Kier molecular flexibility index (Phi) is 4.63. The molecule has 3 saturated carbocycles. The van der Waals surface area contributed by atoms with Crippen molar-refractivity contribution in [1.82, 2.24) is 0 Å². The zero-order chi connectivity index (χ0) is 21.4. The molecule has 0 heterocycles. The number of esters is 1. The standard InChI is InChI=1S/C23H32O6/c1-12(24)17-10-19(27)23(28)16-6-5-14-9-15(26)7-8-21(14,3)18(16)11-20(22(17,23)4)29-13(2)25/h5,15-18,20,26,28H,6-11H2,1-4H3/t15-,16+,17+,18-,20+,21-,22-,23+/m0/s1. The Morgan fingerprint density at radius 1 is 1.17 bits per heavy atom. The average Bonchev–Trinajstić information content (AvgIpc) is 2.85. The highest BCUT2D eigenvalue weighted by atomic mass is 16.5. The molecule has 0 bridgehead atoms. The quantitative estimate of drug-likeness (QED) is 0.541. The van der Waals surface area contributed by atoms with Gasteiger partial charge in [-0.1, -0.05) is 25.5 Å². The number of rotatable bonds is 2. The molecule has 4 aliphatic carbocycles. The van der Waals surface area contributed by atoms with E-state index < -0.39 is 29.0 Å². The molecular formula is C23H32O6. The molecule has 0 aliphatic heterocycles. The number of hydrogen-bond acceptors (Lipinski definition) is 6. The summed E-state index contributed by atoms with van der Waals surface area (Å²) < 4.78 is 5.72. The van der Waals surface area contributed by atoms with E-state index in [0.717, 1.165) is 6.42 Å². The lowest BCUT2D eigenvalue weighted by Crippen LogP contribution is -2.68. The van der Waals surface area contributed by atoms with Crippen LogP contribution in [0.3, 0.4) is 0 Å². The molecule has 0 aromatic carbocycles. The van der Waals surface area contributed by atoms with Gasteiger partial charge in [0.25, 0.3) is 0 Å². The van der Waals surface area contributed by atoms with Crippen LogP contribution in [0.5, 0.6) is 0 Å². The molecule has 0 aromatic heterocycles. The van der Waals surface area contributed by atoms with Crippen LogP contribution in [0.2, 0.25) is 0 Å². The molecule has 2 N–H and O–H groups in total. The normalized spacial score (nSPS) is 48.8. The van der Waals surface area contributed by atoms with Crippen molar-refractivity contribution >= 4 is 17.5 Å². The van der Waals surface area contributed by atoms with Crippen molar-refractivity contribution in [3.05, 3.63) is 11.6 Å². The van der Waals surface area contributed by atoms with Gasteiger partial charge in [-0.25, -0.2) is 0 Å². The van der Waals surface area contributed by atoms with Crippen molar-refractivity contribution in [2.45, 2.75) is 84.0 Å². The molecule has 3 fully saturated rings. The maximum atomic E-state index is 13.2. The Morgan fingerprint density at radius 3 is 2.48 bits per heavy atom. The van der Waals surface area contributed by atoms with E-state index in [0.29, 0.717) is 25.7 Å². The van der Waals surface area contributed by atoms with Gasteiger partial charge < -0.3 is 14.9 Å². The Hall–Kier alpha value is -1.53. The molecule has 0 unspecified atom stereocenters. The number of ether oxygens (including phenoxy) is 1. The van der Waals surface area contributed by atoms with Crippen LogP contribution in [-0.4, -0.2) is 45.6 Å². The number of Topliss-reactive ketones (excluding diaryl/α,β-unsaturated/α-hetero) is 2.